The summed E-state index contributed by atoms with van der Waals surface area (Å²) in [7, 11) is 1.34. The summed E-state index contributed by atoms with van der Waals surface area (Å²) < 4.78 is 16.6. The lowest BCUT2D eigenvalue weighted by molar-refractivity contribution is -0.165. The first-order valence-electron chi connectivity index (χ1n) is 10.6. The van der Waals surface area contributed by atoms with E-state index in [0.29, 0.717) is 30.7 Å². The molecule has 32 heavy (non-hydrogen) atoms. The van der Waals surface area contributed by atoms with Gasteiger partial charge in [0, 0.05) is 31.2 Å². The Morgan fingerprint density at radius 1 is 1.22 bits per heavy atom. The molecule has 3 atom stereocenters. The number of hydrogen-bond donors (Lipinski definition) is 2. The number of nitrogens with one attached hydrogen (secondary N) is 1. The monoisotopic (exact) mass is 440 g/mol. The fourth-order valence-electron chi connectivity index (χ4n) is 3.73. The van der Waals surface area contributed by atoms with Gasteiger partial charge in [0.2, 0.25) is 6.29 Å². The maximum atomic E-state index is 12.9. The van der Waals surface area contributed by atoms with Crippen LogP contribution >= 0.6 is 0 Å². The van der Waals surface area contributed by atoms with Crippen LogP contribution in [0.5, 0.6) is 0 Å². The highest BCUT2D eigenvalue weighted by Gasteiger charge is 2.37. The summed E-state index contributed by atoms with van der Waals surface area (Å²) in [6, 6.07) is 10.5. The summed E-state index contributed by atoms with van der Waals surface area (Å²) in [4.78, 5) is 28.7. The van der Waals surface area contributed by atoms with Gasteiger partial charge in [0.1, 0.15) is 0 Å². The van der Waals surface area contributed by atoms with Crippen molar-refractivity contribution in [2.45, 2.75) is 32.0 Å². The van der Waals surface area contributed by atoms with Crippen molar-refractivity contribution in [3.05, 3.63) is 71.8 Å². The third kappa shape index (κ3) is 5.72. The second-order valence-corrected chi connectivity index (χ2v) is 7.34. The molecule has 0 radical (unpaired) electrons. The number of nitrogens with zero attached hydrogens (tertiary/aromatic N) is 1. The van der Waals surface area contributed by atoms with Crippen molar-refractivity contribution in [3.63, 3.8) is 0 Å². The minimum Gasteiger partial charge on any atom is -0.465 e. The van der Waals surface area contributed by atoms with E-state index < -0.39 is 18.2 Å². The van der Waals surface area contributed by atoms with Gasteiger partial charge in [0.15, 0.2) is 5.76 Å². The number of allylic oxidation sites excluding steroid dienone is 1. The number of hydrogen-bond acceptors (Lipinski definition) is 7. The van der Waals surface area contributed by atoms with Gasteiger partial charge >= 0.3 is 5.97 Å². The summed E-state index contributed by atoms with van der Waals surface area (Å²) >= 11 is 0. The molecule has 1 aromatic heterocycles. The number of aliphatic hydroxyl groups excluding tert-OH is 1. The lowest BCUT2D eigenvalue weighted by Gasteiger charge is -2.37. The summed E-state index contributed by atoms with van der Waals surface area (Å²) in [6.45, 7) is 2.31. The summed E-state index contributed by atoms with van der Waals surface area (Å²) in [5, 5.41) is 12.2. The van der Waals surface area contributed by atoms with Gasteiger partial charge in [-0.05, 0) is 55.7 Å². The number of methoxy groups -OCH3 is 1. The number of ether oxygens (including phenoxy) is 3. The molecule has 8 heteroatoms. The van der Waals surface area contributed by atoms with Crippen molar-refractivity contribution >= 4 is 17.6 Å². The molecule has 2 N–H and O–H groups in total. The molecular weight excluding hydrogens is 412 g/mol. The van der Waals surface area contributed by atoms with Crippen LogP contribution in [0.25, 0.3) is 0 Å². The van der Waals surface area contributed by atoms with E-state index in [1.54, 1.807) is 42.7 Å². The predicted molar refractivity (Wildman–Crippen MR) is 118 cm³/mol. The van der Waals surface area contributed by atoms with Crippen molar-refractivity contribution in [2.24, 2.45) is 5.92 Å². The topological polar surface area (TPSA) is 107 Å². The van der Waals surface area contributed by atoms with Gasteiger partial charge in [-0.1, -0.05) is 12.1 Å². The van der Waals surface area contributed by atoms with Crippen LogP contribution in [0.4, 0.5) is 5.69 Å². The smallest absolute Gasteiger partial charge is 0.337 e. The predicted octanol–water partition coefficient (Wildman–Crippen LogP) is 3.26. The fourth-order valence-corrected chi connectivity index (χ4v) is 3.73. The van der Waals surface area contributed by atoms with E-state index >= 15 is 0 Å². The van der Waals surface area contributed by atoms with Crippen LogP contribution in [0, 0.1) is 5.92 Å². The highest BCUT2D eigenvalue weighted by molar-refractivity contribution is 6.02. The number of rotatable bonds is 9. The van der Waals surface area contributed by atoms with Crippen molar-refractivity contribution < 1.29 is 28.9 Å². The van der Waals surface area contributed by atoms with Crippen molar-refractivity contribution in [1.29, 1.82) is 0 Å². The van der Waals surface area contributed by atoms with Crippen LogP contribution < -0.4 is 5.32 Å². The zero-order chi connectivity index (χ0) is 22.9. The Morgan fingerprint density at radius 2 is 2.00 bits per heavy atom. The van der Waals surface area contributed by atoms with Crippen LogP contribution in [0.2, 0.25) is 0 Å². The first-order chi connectivity index (χ1) is 15.6. The summed E-state index contributed by atoms with van der Waals surface area (Å²) in [6.07, 6.45) is 5.50. The van der Waals surface area contributed by atoms with Gasteiger partial charge in [-0.2, -0.15) is 0 Å². The van der Waals surface area contributed by atoms with Gasteiger partial charge in [-0.3, -0.25) is 9.78 Å². The molecule has 0 unspecified atom stereocenters. The minimum atomic E-state index is -0.656. The average Bonchev–Trinajstić information content (AvgIpc) is 2.83. The fraction of sp³-hybridized carbons (Fsp3) is 0.375. The van der Waals surface area contributed by atoms with Crippen LogP contribution in [-0.2, 0) is 19.0 Å². The van der Waals surface area contributed by atoms with Gasteiger partial charge < -0.3 is 24.6 Å². The van der Waals surface area contributed by atoms with E-state index in [1.165, 1.54) is 7.11 Å². The normalized spacial score (nSPS) is 20.1. The molecular formula is C24H28N2O6. The SMILES string of the molecule is CCO[C@H]1OC(C(=O)Nc2cccnc2)=C[C@@H](c2ccc(C(=O)OC)cc2)[C@@H]1CCCO. The van der Waals surface area contributed by atoms with Gasteiger partial charge in [0.25, 0.3) is 5.91 Å². The number of amides is 1. The van der Waals surface area contributed by atoms with E-state index in [2.05, 4.69) is 10.3 Å². The van der Waals surface area contributed by atoms with E-state index in [9.17, 15) is 14.7 Å². The minimum absolute atomic E-state index is 0.0431. The number of aliphatic hydroxyl groups is 1. The second kappa shape index (κ2) is 11.4. The van der Waals surface area contributed by atoms with Crippen molar-refractivity contribution in [3.8, 4) is 0 Å². The quantitative estimate of drug-likeness (QED) is 0.577. The summed E-state index contributed by atoms with van der Waals surface area (Å²) in [5.74, 6) is -1.01. The second-order valence-electron chi connectivity index (χ2n) is 7.34. The highest BCUT2D eigenvalue weighted by atomic mass is 16.7. The summed E-state index contributed by atoms with van der Waals surface area (Å²) in [5.41, 5.74) is 1.90. The van der Waals surface area contributed by atoms with Crippen molar-refractivity contribution in [1.82, 2.24) is 4.98 Å². The lowest BCUT2D eigenvalue weighted by Crippen LogP contribution is -2.37. The molecule has 0 fully saturated rings. The Hall–Kier alpha value is -3.23. The van der Waals surface area contributed by atoms with Crippen LogP contribution in [-0.4, -0.2) is 48.6 Å². The molecule has 0 saturated heterocycles. The number of pyridine rings is 1. The molecule has 2 heterocycles. The maximum Gasteiger partial charge on any atom is 0.337 e. The number of esters is 1. The molecule has 8 nitrogen and oxygen atoms in total. The molecule has 2 aromatic rings. The zero-order valence-corrected chi connectivity index (χ0v) is 18.2. The molecule has 0 aliphatic carbocycles. The number of anilines is 1. The molecule has 3 rings (SSSR count). The number of benzene rings is 1. The number of aromatic nitrogens is 1. The Bertz CT molecular complexity index is 929. The Kier molecular flexibility index (Phi) is 8.35. The van der Waals surface area contributed by atoms with Gasteiger partial charge in [-0.25, -0.2) is 4.79 Å². The van der Waals surface area contributed by atoms with Crippen molar-refractivity contribution in [2.75, 3.05) is 25.6 Å². The van der Waals surface area contributed by atoms with Gasteiger partial charge in [-0.15, -0.1) is 0 Å². The van der Waals surface area contributed by atoms with E-state index in [1.807, 2.05) is 19.1 Å². The van der Waals surface area contributed by atoms with Gasteiger partial charge in [0.05, 0.1) is 24.6 Å². The molecule has 0 bridgehead atoms. The molecule has 1 aliphatic heterocycles. The molecule has 1 aromatic carbocycles. The van der Waals surface area contributed by atoms with E-state index in [-0.39, 0.29) is 24.2 Å². The lowest BCUT2D eigenvalue weighted by atomic mass is 9.80. The first kappa shape index (κ1) is 23.4. The Labute approximate surface area is 187 Å². The third-order valence-corrected chi connectivity index (χ3v) is 5.27. The molecule has 1 aliphatic rings. The standard InChI is InChI=1S/C24H28N2O6/c1-3-31-24-19(7-5-13-27)20(16-8-10-17(11-9-16)23(29)30-2)14-21(32-24)22(28)26-18-6-4-12-25-15-18/h4,6,8-12,14-15,19-20,24,27H,3,5,7,13H2,1-2H3,(H,26,28)/t19-,20-,24-/m0/s1. The van der Waals surface area contributed by atoms with Crippen LogP contribution in [0.15, 0.2) is 60.6 Å². The third-order valence-electron chi connectivity index (χ3n) is 5.27. The Morgan fingerprint density at radius 3 is 2.62 bits per heavy atom. The molecule has 0 spiro atoms. The van der Waals surface area contributed by atoms with E-state index in [4.69, 9.17) is 14.2 Å². The van der Waals surface area contributed by atoms with E-state index in [0.717, 1.165) is 5.56 Å². The average molecular weight is 440 g/mol. The molecule has 170 valence electrons. The number of carbonyl (C=O) groups is 2. The van der Waals surface area contributed by atoms with Crippen LogP contribution in [0.1, 0.15) is 41.6 Å². The Balaban J connectivity index is 1.94. The zero-order valence-electron chi connectivity index (χ0n) is 18.2. The number of carbonyl (C=O) groups excluding carboxylic acids is 2. The molecule has 1 amide bonds. The maximum absolute atomic E-state index is 12.9. The first-order valence-corrected chi connectivity index (χ1v) is 10.6. The van der Waals surface area contributed by atoms with Crippen LogP contribution in [0.3, 0.4) is 0 Å². The highest BCUT2D eigenvalue weighted by Crippen LogP contribution is 2.39. The largest absolute Gasteiger partial charge is 0.465 e. The molecule has 0 saturated carbocycles.